The number of sulfonamides is 1. The van der Waals surface area contributed by atoms with Gasteiger partial charge < -0.3 is 10.2 Å². The quantitative estimate of drug-likeness (QED) is 0.300. The molecule has 2 rings (SSSR count). The SMILES string of the molecule is CCCC(=O)N(CCC(=O)NC(CS)CC(C)C)Cc1ccc(-c2ccccc2S(=O)(=O)NC(C)=O)cc1. The predicted octanol–water partition coefficient (Wildman–Crippen LogP) is 4.16. The largest absolute Gasteiger partial charge is 0.352 e. The van der Waals surface area contributed by atoms with Crippen LogP contribution in [0.2, 0.25) is 0 Å². The molecule has 2 aromatic rings. The molecule has 8 nitrogen and oxygen atoms in total. The Kier molecular flexibility index (Phi) is 12.3. The summed E-state index contributed by atoms with van der Waals surface area (Å²) in [6, 6.07) is 13.7. The van der Waals surface area contributed by atoms with Gasteiger partial charge in [0, 0.05) is 50.2 Å². The first-order chi connectivity index (χ1) is 18.0. The number of hydrogen-bond donors (Lipinski definition) is 3. The Hall–Kier alpha value is -2.85. The summed E-state index contributed by atoms with van der Waals surface area (Å²) in [4.78, 5) is 38.4. The average molecular weight is 562 g/mol. The summed E-state index contributed by atoms with van der Waals surface area (Å²) < 4.78 is 27.3. The zero-order valence-corrected chi connectivity index (χ0v) is 24.3. The molecule has 0 saturated heterocycles. The van der Waals surface area contributed by atoms with Gasteiger partial charge in [0.15, 0.2) is 0 Å². The zero-order chi connectivity index (χ0) is 28.3. The van der Waals surface area contributed by atoms with Crippen LogP contribution in [0.3, 0.4) is 0 Å². The third-order valence-corrected chi connectivity index (χ3v) is 7.79. The van der Waals surface area contributed by atoms with E-state index >= 15 is 0 Å². The highest BCUT2D eigenvalue weighted by molar-refractivity contribution is 7.90. The van der Waals surface area contributed by atoms with Crippen molar-refractivity contribution in [3.8, 4) is 11.1 Å². The molecule has 38 heavy (non-hydrogen) atoms. The number of carbonyl (C=O) groups excluding carboxylic acids is 3. The van der Waals surface area contributed by atoms with E-state index in [9.17, 15) is 22.8 Å². The second-order valence-corrected chi connectivity index (χ2v) is 11.8. The normalized spacial score (nSPS) is 12.2. The van der Waals surface area contributed by atoms with Crippen LogP contribution in [0, 0.1) is 5.92 Å². The van der Waals surface area contributed by atoms with Crippen molar-refractivity contribution >= 4 is 40.4 Å². The van der Waals surface area contributed by atoms with E-state index in [-0.39, 0.29) is 29.2 Å². The summed E-state index contributed by atoms with van der Waals surface area (Å²) in [5, 5.41) is 3.01. The van der Waals surface area contributed by atoms with Crippen LogP contribution in [0.5, 0.6) is 0 Å². The number of rotatable bonds is 14. The van der Waals surface area contributed by atoms with E-state index in [1.54, 1.807) is 35.2 Å². The number of carbonyl (C=O) groups is 3. The van der Waals surface area contributed by atoms with Crippen molar-refractivity contribution in [3.63, 3.8) is 0 Å². The molecule has 0 saturated carbocycles. The lowest BCUT2D eigenvalue weighted by Gasteiger charge is -2.24. The average Bonchev–Trinajstić information content (AvgIpc) is 2.85. The molecule has 2 N–H and O–H groups in total. The number of amides is 3. The molecule has 2 aromatic carbocycles. The van der Waals surface area contributed by atoms with Crippen molar-refractivity contribution in [3.05, 3.63) is 54.1 Å². The lowest BCUT2D eigenvalue weighted by molar-refractivity contribution is -0.132. The number of nitrogens with one attached hydrogen (secondary N) is 2. The first kappa shape index (κ1) is 31.4. The van der Waals surface area contributed by atoms with Gasteiger partial charge in [0.1, 0.15) is 0 Å². The number of benzene rings is 2. The topological polar surface area (TPSA) is 113 Å². The van der Waals surface area contributed by atoms with Crippen LogP contribution in [0.4, 0.5) is 0 Å². The van der Waals surface area contributed by atoms with Gasteiger partial charge in [0.2, 0.25) is 17.7 Å². The molecule has 0 spiro atoms. The molecule has 0 aliphatic carbocycles. The molecule has 1 atom stereocenters. The van der Waals surface area contributed by atoms with Gasteiger partial charge in [-0.1, -0.05) is 63.2 Å². The fourth-order valence-electron chi connectivity index (χ4n) is 4.14. The maximum absolute atomic E-state index is 12.8. The first-order valence-corrected chi connectivity index (χ1v) is 15.0. The standard InChI is InChI=1S/C28H39N3O5S2/c1-5-8-28(34)31(16-15-27(33)29-24(19-37)17-20(2)3)18-22-11-13-23(14-12-22)25-9-6-7-10-26(25)38(35,36)30-21(4)32/h6-7,9-14,20,24,37H,5,8,15-19H2,1-4H3,(H,29,33)(H,30,32). The van der Waals surface area contributed by atoms with E-state index in [4.69, 9.17) is 0 Å². The van der Waals surface area contributed by atoms with Crippen molar-refractivity contribution in [2.45, 2.75) is 70.9 Å². The van der Waals surface area contributed by atoms with Crippen LogP contribution in [0.25, 0.3) is 11.1 Å². The fraction of sp³-hybridized carbons (Fsp3) is 0.464. The Morgan fingerprint density at radius 2 is 1.66 bits per heavy atom. The summed E-state index contributed by atoms with van der Waals surface area (Å²) in [5.74, 6) is 0.205. The maximum atomic E-state index is 12.8. The summed E-state index contributed by atoms with van der Waals surface area (Å²) >= 11 is 4.34. The van der Waals surface area contributed by atoms with Crippen LogP contribution < -0.4 is 10.0 Å². The predicted molar refractivity (Wildman–Crippen MR) is 153 cm³/mol. The van der Waals surface area contributed by atoms with Crippen LogP contribution >= 0.6 is 12.6 Å². The lowest BCUT2D eigenvalue weighted by atomic mass is 10.0. The first-order valence-electron chi connectivity index (χ1n) is 12.9. The monoisotopic (exact) mass is 561 g/mol. The molecule has 0 aromatic heterocycles. The molecular weight excluding hydrogens is 522 g/mol. The van der Waals surface area contributed by atoms with Gasteiger partial charge in [-0.15, -0.1) is 0 Å². The molecule has 0 fully saturated rings. The molecule has 0 radical (unpaired) electrons. The highest BCUT2D eigenvalue weighted by Gasteiger charge is 2.21. The zero-order valence-electron chi connectivity index (χ0n) is 22.6. The van der Waals surface area contributed by atoms with E-state index in [1.807, 2.05) is 23.8 Å². The van der Waals surface area contributed by atoms with Crippen LogP contribution in [0.15, 0.2) is 53.4 Å². The van der Waals surface area contributed by atoms with Gasteiger partial charge in [-0.25, -0.2) is 13.1 Å². The van der Waals surface area contributed by atoms with Gasteiger partial charge >= 0.3 is 0 Å². The van der Waals surface area contributed by atoms with Crippen molar-refractivity contribution in [2.75, 3.05) is 12.3 Å². The molecule has 0 heterocycles. The molecule has 10 heteroatoms. The molecule has 208 valence electrons. The van der Waals surface area contributed by atoms with Gasteiger partial charge in [-0.05, 0) is 36.0 Å². The van der Waals surface area contributed by atoms with E-state index < -0.39 is 15.9 Å². The van der Waals surface area contributed by atoms with Gasteiger partial charge in [-0.3, -0.25) is 14.4 Å². The number of thiol groups is 1. The van der Waals surface area contributed by atoms with Crippen molar-refractivity contribution in [2.24, 2.45) is 5.92 Å². The Morgan fingerprint density at radius 3 is 2.24 bits per heavy atom. The molecule has 1 unspecified atom stereocenters. The van der Waals surface area contributed by atoms with Crippen molar-refractivity contribution < 1.29 is 22.8 Å². The summed E-state index contributed by atoms with van der Waals surface area (Å²) in [6.07, 6.45) is 2.14. The Balaban J connectivity index is 2.17. The van der Waals surface area contributed by atoms with Gasteiger partial charge in [0.05, 0.1) is 4.90 Å². The summed E-state index contributed by atoms with van der Waals surface area (Å²) in [7, 11) is -4.01. The highest BCUT2D eigenvalue weighted by atomic mass is 32.2. The third kappa shape index (κ3) is 9.79. The van der Waals surface area contributed by atoms with E-state index in [0.717, 1.165) is 18.9 Å². The Bertz CT molecular complexity index is 1200. The maximum Gasteiger partial charge on any atom is 0.264 e. The Morgan fingerprint density at radius 1 is 1.00 bits per heavy atom. The van der Waals surface area contributed by atoms with E-state index in [2.05, 4.69) is 31.8 Å². The number of hydrogen-bond acceptors (Lipinski definition) is 6. The second-order valence-electron chi connectivity index (χ2n) is 9.75. The highest BCUT2D eigenvalue weighted by Crippen LogP contribution is 2.27. The lowest BCUT2D eigenvalue weighted by Crippen LogP contribution is -2.40. The number of nitrogens with zero attached hydrogens (tertiary/aromatic N) is 1. The van der Waals surface area contributed by atoms with E-state index in [1.165, 1.54) is 6.07 Å². The Labute approximate surface area is 232 Å². The summed E-state index contributed by atoms with van der Waals surface area (Å²) in [5.41, 5.74) is 1.98. The molecular formula is C28H39N3O5S2. The van der Waals surface area contributed by atoms with Crippen LogP contribution in [-0.2, 0) is 31.0 Å². The van der Waals surface area contributed by atoms with Gasteiger partial charge in [0.25, 0.3) is 10.0 Å². The molecule has 3 amide bonds. The molecule has 0 aliphatic heterocycles. The molecule has 0 aliphatic rings. The van der Waals surface area contributed by atoms with E-state index in [0.29, 0.717) is 48.7 Å². The second kappa shape index (κ2) is 14.9. The smallest absolute Gasteiger partial charge is 0.264 e. The van der Waals surface area contributed by atoms with Crippen molar-refractivity contribution in [1.29, 1.82) is 0 Å². The minimum Gasteiger partial charge on any atom is -0.352 e. The third-order valence-electron chi connectivity index (χ3n) is 5.86. The van der Waals surface area contributed by atoms with Gasteiger partial charge in [-0.2, -0.15) is 12.6 Å². The van der Waals surface area contributed by atoms with Crippen LogP contribution in [0.1, 0.15) is 58.9 Å². The minimum atomic E-state index is -4.01. The van der Waals surface area contributed by atoms with Crippen LogP contribution in [-0.4, -0.2) is 49.4 Å². The summed E-state index contributed by atoms with van der Waals surface area (Å²) in [6.45, 7) is 7.91. The molecule has 0 bridgehead atoms. The minimum absolute atomic E-state index is 0.00416. The van der Waals surface area contributed by atoms with Crippen molar-refractivity contribution in [1.82, 2.24) is 14.9 Å². The fourth-order valence-corrected chi connectivity index (χ4v) is 5.60.